The predicted octanol–water partition coefficient (Wildman–Crippen LogP) is 2.43. The van der Waals surface area contributed by atoms with Crippen LogP contribution in [0.3, 0.4) is 0 Å². The number of hydrogen-bond donors (Lipinski definition) is 0. The van der Waals surface area contributed by atoms with Crippen LogP contribution in [-0.4, -0.2) is 19.5 Å². The summed E-state index contributed by atoms with van der Waals surface area (Å²) in [4.78, 5) is 0. The highest BCUT2D eigenvalue weighted by Gasteiger charge is 2.24. The number of hydrogen-bond acceptors (Lipinski definition) is 2. The quantitative estimate of drug-likeness (QED) is 0.605. The van der Waals surface area contributed by atoms with E-state index in [0.717, 1.165) is 19.6 Å². The molecule has 2 nitrogen and oxygen atoms in total. The normalized spacial score (nSPS) is 32.0. The summed E-state index contributed by atoms with van der Waals surface area (Å²) in [6.07, 6.45) is 1.01. The average molecular weight is 172 g/mol. The van der Waals surface area contributed by atoms with E-state index in [1.165, 1.54) is 0 Å². The fourth-order valence-corrected chi connectivity index (χ4v) is 1.26. The molecule has 0 aromatic heterocycles. The summed E-state index contributed by atoms with van der Waals surface area (Å²) < 4.78 is 11.1. The molecule has 1 rings (SSSR count). The first-order chi connectivity index (χ1) is 5.47. The molecule has 1 aliphatic rings. The van der Waals surface area contributed by atoms with Crippen LogP contribution in [0.1, 0.15) is 34.1 Å². The Labute approximate surface area is 75.2 Å². The Hall–Kier alpha value is -0.0800. The first kappa shape index (κ1) is 10.0. The second kappa shape index (κ2) is 3.75. The summed E-state index contributed by atoms with van der Waals surface area (Å²) in [5, 5.41) is 0. The Balaban J connectivity index is 2.26. The molecule has 0 saturated carbocycles. The first-order valence-corrected chi connectivity index (χ1v) is 4.70. The van der Waals surface area contributed by atoms with Crippen LogP contribution in [0.15, 0.2) is 0 Å². The average Bonchev–Trinajstić information content (AvgIpc) is 1.91. The third-order valence-corrected chi connectivity index (χ3v) is 1.91. The molecule has 72 valence electrons. The van der Waals surface area contributed by atoms with Crippen LogP contribution in [0, 0.1) is 11.3 Å². The molecule has 0 aromatic rings. The van der Waals surface area contributed by atoms with E-state index in [1.807, 2.05) is 0 Å². The van der Waals surface area contributed by atoms with Gasteiger partial charge in [-0.2, -0.15) is 0 Å². The van der Waals surface area contributed by atoms with Crippen LogP contribution in [0.5, 0.6) is 0 Å². The minimum absolute atomic E-state index is 0.0289. The zero-order chi connectivity index (χ0) is 9.19. The fraction of sp³-hybridized carbons (Fsp3) is 1.00. The van der Waals surface area contributed by atoms with Crippen molar-refractivity contribution in [3.63, 3.8) is 0 Å². The third-order valence-electron chi connectivity index (χ3n) is 1.91. The van der Waals surface area contributed by atoms with Gasteiger partial charge in [0, 0.05) is 12.3 Å². The summed E-state index contributed by atoms with van der Waals surface area (Å²) in [6.45, 7) is 10.5. The van der Waals surface area contributed by atoms with Gasteiger partial charge in [-0.05, 0) is 5.41 Å². The lowest BCUT2D eigenvalue weighted by molar-refractivity contribution is -0.208. The van der Waals surface area contributed by atoms with Gasteiger partial charge in [-0.15, -0.1) is 0 Å². The van der Waals surface area contributed by atoms with Gasteiger partial charge < -0.3 is 9.47 Å². The summed E-state index contributed by atoms with van der Waals surface area (Å²) >= 11 is 0. The molecule has 0 amide bonds. The highest BCUT2D eigenvalue weighted by Crippen LogP contribution is 2.25. The molecule has 12 heavy (non-hydrogen) atoms. The van der Waals surface area contributed by atoms with Crippen molar-refractivity contribution in [2.45, 2.75) is 40.4 Å². The molecular formula is C10H20O2. The van der Waals surface area contributed by atoms with Crippen LogP contribution in [0.25, 0.3) is 0 Å². The fourth-order valence-electron chi connectivity index (χ4n) is 1.26. The van der Waals surface area contributed by atoms with Gasteiger partial charge >= 0.3 is 0 Å². The molecule has 1 saturated heterocycles. The van der Waals surface area contributed by atoms with Crippen molar-refractivity contribution in [2.75, 3.05) is 13.2 Å². The van der Waals surface area contributed by atoms with Gasteiger partial charge in [-0.3, -0.25) is 0 Å². The van der Waals surface area contributed by atoms with Gasteiger partial charge in [-0.1, -0.05) is 27.7 Å². The molecule has 0 bridgehead atoms. The smallest absolute Gasteiger partial charge is 0.158 e. The predicted molar refractivity (Wildman–Crippen MR) is 48.9 cm³/mol. The molecule has 0 atom stereocenters. The van der Waals surface area contributed by atoms with Gasteiger partial charge in [0.25, 0.3) is 0 Å². The van der Waals surface area contributed by atoms with E-state index in [9.17, 15) is 0 Å². The van der Waals surface area contributed by atoms with Crippen LogP contribution >= 0.6 is 0 Å². The zero-order valence-electron chi connectivity index (χ0n) is 8.59. The van der Waals surface area contributed by atoms with E-state index < -0.39 is 0 Å². The van der Waals surface area contributed by atoms with Gasteiger partial charge in [0.05, 0.1) is 13.2 Å². The van der Waals surface area contributed by atoms with Crippen molar-refractivity contribution in [2.24, 2.45) is 11.3 Å². The van der Waals surface area contributed by atoms with E-state index in [4.69, 9.17) is 9.47 Å². The van der Waals surface area contributed by atoms with Gasteiger partial charge in [0.2, 0.25) is 0 Å². The Bertz CT molecular complexity index is 129. The second-order valence-electron chi connectivity index (χ2n) is 4.97. The largest absolute Gasteiger partial charge is 0.352 e. The molecule has 1 aliphatic heterocycles. The van der Waals surface area contributed by atoms with Crippen LogP contribution in [-0.2, 0) is 9.47 Å². The van der Waals surface area contributed by atoms with E-state index >= 15 is 0 Å². The van der Waals surface area contributed by atoms with Gasteiger partial charge in [0.1, 0.15) is 0 Å². The standard InChI is InChI=1S/C10H20O2/c1-8-6-11-9(12-7-8)5-10(2,3)4/h8-9H,5-7H2,1-4H3. The maximum Gasteiger partial charge on any atom is 0.158 e. The summed E-state index contributed by atoms with van der Waals surface area (Å²) in [7, 11) is 0. The van der Waals surface area contributed by atoms with Crippen LogP contribution in [0.2, 0.25) is 0 Å². The molecule has 2 heteroatoms. The number of rotatable bonds is 1. The summed E-state index contributed by atoms with van der Waals surface area (Å²) in [6, 6.07) is 0. The molecule has 0 aliphatic carbocycles. The third kappa shape index (κ3) is 3.55. The SMILES string of the molecule is CC1COC(CC(C)(C)C)OC1. The minimum atomic E-state index is 0.0289. The van der Waals surface area contributed by atoms with E-state index in [2.05, 4.69) is 27.7 Å². The number of ether oxygens (including phenoxy) is 2. The topological polar surface area (TPSA) is 18.5 Å². The van der Waals surface area contributed by atoms with E-state index in [1.54, 1.807) is 0 Å². The Kier molecular flexibility index (Phi) is 3.13. The molecule has 0 spiro atoms. The van der Waals surface area contributed by atoms with Gasteiger partial charge in [-0.25, -0.2) is 0 Å². The Morgan fingerprint density at radius 1 is 1.17 bits per heavy atom. The maximum absolute atomic E-state index is 5.54. The molecule has 0 N–H and O–H groups in total. The van der Waals surface area contributed by atoms with Crippen molar-refractivity contribution in [1.29, 1.82) is 0 Å². The highest BCUT2D eigenvalue weighted by molar-refractivity contribution is 4.67. The van der Waals surface area contributed by atoms with Crippen molar-refractivity contribution in [3.8, 4) is 0 Å². The van der Waals surface area contributed by atoms with Crippen LogP contribution in [0.4, 0.5) is 0 Å². The van der Waals surface area contributed by atoms with Crippen LogP contribution < -0.4 is 0 Å². The van der Waals surface area contributed by atoms with E-state index in [-0.39, 0.29) is 6.29 Å². The van der Waals surface area contributed by atoms with Crippen molar-refractivity contribution in [3.05, 3.63) is 0 Å². The summed E-state index contributed by atoms with van der Waals surface area (Å²) in [5.41, 5.74) is 0.297. The summed E-state index contributed by atoms with van der Waals surface area (Å²) in [5.74, 6) is 0.557. The van der Waals surface area contributed by atoms with Gasteiger partial charge in [0.15, 0.2) is 6.29 Å². The second-order valence-corrected chi connectivity index (χ2v) is 4.97. The lowest BCUT2D eigenvalue weighted by Crippen LogP contribution is -2.33. The maximum atomic E-state index is 5.54. The first-order valence-electron chi connectivity index (χ1n) is 4.70. The van der Waals surface area contributed by atoms with Crippen molar-refractivity contribution < 1.29 is 9.47 Å². The molecular weight excluding hydrogens is 152 g/mol. The van der Waals surface area contributed by atoms with E-state index in [0.29, 0.717) is 11.3 Å². The zero-order valence-corrected chi connectivity index (χ0v) is 8.59. The minimum Gasteiger partial charge on any atom is -0.352 e. The molecule has 0 unspecified atom stereocenters. The molecule has 0 radical (unpaired) electrons. The highest BCUT2D eigenvalue weighted by atomic mass is 16.7. The molecule has 0 aromatic carbocycles. The molecule has 1 fully saturated rings. The monoisotopic (exact) mass is 172 g/mol. The lowest BCUT2D eigenvalue weighted by atomic mass is 9.92. The van der Waals surface area contributed by atoms with Crippen molar-refractivity contribution in [1.82, 2.24) is 0 Å². The Morgan fingerprint density at radius 2 is 1.67 bits per heavy atom. The van der Waals surface area contributed by atoms with Crippen molar-refractivity contribution >= 4 is 0 Å². The Morgan fingerprint density at radius 3 is 2.08 bits per heavy atom. The lowest BCUT2D eigenvalue weighted by Gasteiger charge is -2.31. The molecule has 1 heterocycles.